The summed E-state index contributed by atoms with van der Waals surface area (Å²) in [7, 11) is 0. The van der Waals surface area contributed by atoms with Crippen molar-refractivity contribution in [1.29, 1.82) is 0 Å². The van der Waals surface area contributed by atoms with Gasteiger partial charge in [-0.1, -0.05) is 30.3 Å². The van der Waals surface area contributed by atoms with Crippen LogP contribution in [-0.4, -0.2) is 26.6 Å². The predicted molar refractivity (Wildman–Crippen MR) is 73.0 cm³/mol. The molecule has 1 aromatic heterocycles. The van der Waals surface area contributed by atoms with E-state index in [1.807, 2.05) is 30.3 Å². The molecule has 0 aliphatic heterocycles. The first kappa shape index (κ1) is 12.7. The van der Waals surface area contributed by atoms with Gasteiger partial charge in [0.2, 0.25) is 0 Å². The quantitative estimate of drug-likeness (QED) is 0.869. The maximum atomic E-state index is 11.7. The van der Waals surface area contributed by atoms with Crippen LogP contribution in [0.25, 0.3) is 0 Å². The monoisotopic (exact) mass is 269 g/mol. The van der Waals surface area contributed by atoms with Crippen molar-refractivity contribution in [2.45, 2.75) is 23.8 Å². The van der Waals surface area contributed by atoms with Crippen LogP contribution in [0.1, 0.15) is 17.7 Å². The Morgan fingerprint density at radius 2 is 2.05 bits per heavy atom. The minimum atomic E-state index is -1.13. The highest BCUT2D eigenvalue weighted by atomic mass is 16.4. The number of nitrogens with two attached hydrogens (primary N) is 1. The lowest BCUT2D eigenvalue weighted by Crippen LogP contribution is -2.40. The maximum Gasteiger partial charge on any atom is 0.317 e. The van der Waals surface area contributed by atoms with Crippen molar-refractivity contribution in [2.75, 3.05) is 0 Å². The zero-order valence-corrected chi connectivity index (χ0v) is 10.9. The fourth-order valence-corrected chi connectivity index (χ4v) is 2.87. The molecule has 5 heteroatoms. The summed E-state index contributed by atoms with van der Waals surface area (Å²) in [6.07, 6.45) is 5.41. The Kier molecular flexibility index (Phi) is 2.79. The second-order valence-corrected chi connectivity index (χ2v) is 5.30. The van der Waals surface area contributed by atoms with Crippen molar-refractivity contribution in [3.8, 4) is 0 Å². The molecule has 1 heterocycles. The number of aromatic nitrogens is 2. The van der Waals surface area contributed by atoms with Crippen molar-refractivity contribution in [3.05, 3.63) is 60.2 Å². The van der Waals surface area contributed by atoms with E-state index < -0.39 is 16.9 Å². The molecule has 3 N–H and O–H groups in total. The van der Waals surface area contributed by atoms with Gasteiger partial charge in [0.1, 0.15) is 5.41 Å². The summed E-state index contributed by atoms with van der Waals surface area (Å²) >= 11 is 0. The standard InChI is InChI=1S/C15H15N3O2/c16-14(8-11-4-2-1-3-5-11)10-15(14,13(19)20)12-9-17-6-7-18-12/h1-7,9H,8,10,16H2,(H,19,20). The lowest BCUT2D eigenvalue weighted by Gasteiger charge is -2.18. The van der Waals surface area contributed by atoms with Crippen LogP contribution < -0.4 is 5.73 Å². The molecule has 2 unspecified atom stereocenters. The molecule has 0 bridgehead atoms. The average Bonchev–Trinajstić information content (AvgIpc) is 3.08. The normalized spacial score (nSPS) is 28.1. The van der Waals surface area contributed by atoms with Crippen molar-refractivity contribution in [2.24, 2.45) is 5.73 Å². The molecule has 20 heavy (non-hydrogen) atoms. The highest BCUT2D eigenvalue weighted by molar-refractivity contribution is 5.88. The largest absolute Gasteiger partial charge is 0.480 e. The molecule has 0 radical (unpaired) electrons. The smallest absolute Gasteiger partial charge is 0.317 e. The molecule has 5 nitrogen and oxygen atoms in total. The summed E-state index contributed by atoms with van der Waals surface area (Å²) in [5, 5.41) is 9.62. The van der Waals surface area contributed by atoms with Crippen LogP contribution in [0.15, 0.2) is 48.9 Å². The SMILES string of the molecule is NC1(Cc2ccccc2)CC1(C(=O)O)c1cnccn1. The van der Waals surface area contributed by atoms with Crippen molar-refractivity contribution in [1.82, 2.24) is 9.97 Å². The summed E-state index contributed by atoms with van der Waals surface area (Å²) in [5.74, 6) is -0.934. The maximum absolute atomic E-state index is 11.7. The molecule has 2 aromatic rings. The van der Waals surface area contributed by atoms with Crippen LogP contribution in [0.3, 0.4) is 0 Å². The lowest BCUT2D eigenvalue weighted by atomic mass is 9.91. The van der Waals surface area contributed by atoms with Crippen molar-refractivity contribution in [3.63, 3.8) is 0 Å². The van der Waals surface area contributed by atoms with E-state index in [-0.39, 0.29) is 0 Å². The highest BCUT2D eigenvalue weighted by Crippen LogP contribution is 2.57. The van der Waals surface area contributed by atoms with Gasteiger partial charge in [-0.05, 0) is 18.4 Å². The minimum absolute atomic E-state index is 0.378. The molecule has 2 atom stereocenters. The second-order valence-electron chi connectivity index (χ2n) is 5.30. The van der Waals surface area contributed by atoms with Gasteiger partial charge in [-0.15, -0.1) is 0 Å². The first-order chi connectivity index (χ1) is 9.58. The number of benzene rings is 1. The van der Waals surface area contributed by atoms with E-state index in [9.17, 15) is 9.90 Å². The van der Waals surface area contributed by atoms with Crippen LogP contribution in [0.2, 0.25) is 0 Å². The van der Waals surface area contributed by atoms with E-state index in [0.29, 0.717) is 18.5 Å². The highest BCUT2D eigenvalue weighted by Gasteiger charge is 2.72. The molecule has 0 amide bonds. The van der Waals surface area contributed by atoms with Gasteiger partial charge in [0.25, 0.3) is 0 Å². The number of carboxylic acid groups (broad SMARTS) is 1. The second kappa shape index (κ2) is 4.38. The van der Waals surface area contributed by atoms with E-state index >= 15 is 0 Å². The number of carbonyl (C=O) groups is 1. The number of nitrogens with zero attached hydrogens (tertiary/aromatic N) is 2. The molecule has 1 aliphatic rings. The van der Waals surface area contributed by atoms with E-state index in [1.54, 1.807) is 0 Å². The number of rotatable bonds is 4. The van der Waals surface area contributed by atoms with Gasteiger partial charge in [-0.3, -0.25) is 14.8 Å². The Bertz CT molecular complexity index is 632. The van der Waals surface area contributed by atoms with Crippen LogP contribution >= 0.6 is 0 Å². The third-order valence-corrected chi connectivity index (χ3v) is 4.03. The lowest BCUT2D eigenvalue weighted by molar-refractivity contribution is -0.140. The van der Waals surface area contributed by atoms with E-state index in [1.165, 1.54) is 18.6 Å². The first-order valence-electron chi connectivity index (χ1n) is 6.41. The zero-order chi connectivity index (χ0) is 14.2. The van der Waals surface area contributed by atoms with Crippen LogP contribution in [-0.2, 0) is 16.6 Å². The first-order valence-corrected chi connectivity index (χ1v) is 6.41. The van der Waals surface area contributed by atoms with Gasteiger partial charge in [-0.2, -0.15) is 0 Å². The number of aliphatic carboxylic acids is 1. The summed E-state index contributed by atoms with van der Waals surface area (Å²) in [6, 6.07) is 9.68. The van der Waals surface area contributed by atoms with E-state index in [2.05, 4.69) is 9.97 Å². The van der Waals surface area contributed by atoms with Crippen molar-refractivity contribution < 1.29 is 9.90 Å². The number of hydrogen-bond donors (Lipinski definition) is 2. The molecule has 0 saturated heterocycles. The summed E-state index contributed by atoms with van der Waals surface area (Å²) < 4.78 is 0. The predicted octanol–water partition coefficient (Wildman–Crippen LogP) is 1.14. The van der Waals surface area contributed by atoms with Gasteiger partial charge in [0.15, 0.2) is 0 Å². The average molecular weight is 269 g/mol. The molecule has 1 fully saturated rings. The number of carboxylic acids is 1. The molecule has 3 rings (SSSR count). The van der Waals surface area contributed by atoms with E-state index in [4.69, 9.17) is 5.73 Å². The molecule has 0 spiro atoms. The topological polar surface area (TPSA) is 89.1 Å². The molecule has 1 aliphatic carbocycles. The fraction of sp³-hybridized carbons (Fsp3) is 0.267. The molecular weight excluding hydrogens is 254 g/mol. The van der Waals surface area contributed by atoms with Crippen molar-refractivity contribution >= 4 is 5.97 Å². The third-order valence-electron chi connectivity index (χ3n) is 4.03. The van der Waals surface area contributed by atoms with Gasteiger partial charge in [0.05, 0.1) is 5.69 Å². The van der Waals surface area contributed by atoms with Crippen LogP contribution in [0.5, 0.6) is 0 Å². The fourth-order valence-electron chi connectivity index (χ4n) is 2.87. The molecular formula is C15H15N3O2. The Hall–Kier alpha value is -2.27. The third kappa shape index (κ3) is 1.78. The Labute approximate surface area is 116 Å². The van der Waals surface area contributed by atoms with Crippen LogP contribution in [0, 0.1) is 0 Å². The number of hydrogen-bond acceptors (Lipinski definition) is 4. The Morgan fingerprint density at radius 3 is 2.65 bits per heavy atom. The zero-order valence-electron chi connectivity index (χ0n) is 10.9. The summed E-state index contributed by atoms with van der Waals surface area (Å²) in [4.78, 5) is 19.9. The summed E-state index contributed by atoms with van der Waals surface area (Å²) in [6.45, 7) is 0. The Balaban J connectivity index is 1.95. The molecule has 1 saturated carbocycles. The molecule has 102 valence electrons. The Morgan fingerprint density at radius 1 is 1.30 bits per heavy atom. The summed E-state index contributed by atoms with van der Waals surface area (Å²) in [5.41, 5.74) is 5.87. The van der Waals surface area contributed by atoms with E-state index in [0.717, 1.165) is 5.56 Å². The molecule has 1 aromatic carbocycles. The minimum Gasteiger partial charge on any atom is -0.480 e. The van der Waals surface area contributed by atoms with Gasteiger partial charge in [0, 0.05) is 24.1 Å². The van der Waals surface area contributed by atoms with Gasteiger partial charge < -0.3 is 10.8 Å². The van der Waals surface area contributed by atoms with Crippen LogP contribution in [0.4, 0.5) is 0 Å². The van der Waals surface area contributed by atoms with Gasteiger partial charge in [-0.25, -0.2) is 0 Å². The van der Waals surface area contributed by atoms with Gasteiger partial charge >= 0.3 is 5.97 Å².